The molecule has 0 aromatic heterocycles. The summed E-state index contributed by atoms with van der Waals surface area (Å²) in [6.45, 7) is 8.69. The first kappa shape index (κ1) is 16.9. The van der Waals surface area contributed by atoms with Crippen LogP contribution in [0.2, 0.25) is 0 Å². The summed E-state index contributed by atoms with van der Waals surface area (Å²) in [6.07, 6.45) is 2.04. The van der Waals surface area contributed by atoms with Crippen molar-refractivity contribution in [1.82, 2.24) is 5.32 Å². The fourth-order valence-corrected chi connectivity index (χ4v) is 1.84. The Bertz CT molecular complexity index is 385. The Hall–Kier alpha value is -1.13. The van der Waals surface area contributed by atoms with E-state index in [0.717, 1.165) is 24.9 Å². The van der Waals surface area contributed by atoms with Crippen molar-refractivity contribution in [2.75, 3.05) is 26.4 Å². The molecular formula is C16H26FNO2. The molecule has 0 fully saturated rings. The zero-order valence-electron chi connectivity index (χ0n) is 12.7. The first-order valence-electron chi connectivity index (χ1n) is 7.42. The van der Waals surface area contributed by atoms with Crippen LogP contribution >= 0.6 is 0 Å². The largest absolute Gasteiger partial charge is 0.488 e. The van der Waals surface area contributed by atoms with Crippen LogP contribution < -0.4 is 10.1 Å². The van der Waals surface area contributed by atoms with Crippen LogP contribution in [0.25, 0.3) is 0 Å². The molecule has 3 nitrogen and oxygen atoms in total. The van der Waals surface area contributed by atoms with Crippen LogP contribution in [0, 0.1) is 5.82 Å². The molecule has 0 spiro atoms. The fraction of sp³-hybridized carbons (Fsp3) is 0.625. The first-order chi connectivity index (χ1) is 9.69. The van der Waals surface area contributed by atoms with Crippen molar-refractivity contribution in [2.45, 2.75) is 39.7 Å². The Morgan fingerprint density at radius 1 is 1.15 bits per heavy atom. The van der Waals surface area contributed by atoms with E-state index in [1.807, 2.05) is 19.9 Å². The minimum Gasteiger partial charge on any atom is -0.488 e. The molecule has 0 aliphatic heterocycles. The average molecular weight is 283 g/mol. The lowest BCUT2D eigenvalue weighted by atomic mass is 10.1. The van der Waals surface area contributed by atoms with Gasteiger partial charge in [-0.25, -0.2) is 4.39 Å². The van der Waals surface area contributed by atoms with Crippen LogP contribution in [0.15, 0.2) is 18.2 Å². The van der Waals surface area contributed by atoms with Crippen LogP contribution in [0.4, 0.5) is 4.39 Å². The normalized spacial score (nSPS) is 12.4. The van der Waals surface area contributed by atoms with Gasteiger partial charge in [0.2, 0.25) is 0 Å². The van der Waals surface area contributed by atoms with Gasteiger partial charge in [-0.2, -0.15) is 0 Å². The van der Waals surface area contributed by atoms with Crippen molar-refractivity contribution >= 4 is 0 Å². The topological polar surface area (TPSA) is 30.5 Å². The third-order valence-corrected chi connectivity index (χ3v) is 2.99. The molecule has 0 saturated heterocycles. The average Bonchev–Trinajstić information content (AvgIpc) is 2.46. The lowest BCUT2D eigenvalue weighted by Crippen LogP contribution is -2.19. The molecule has 0 bridgehead atoms. The van der Waals surface area contributed by atoms with Gasteiger partial charge in [-0.3, -0.25) is 0 Å². The molecule has 0 amide bonds. The molecule has 0 aliphatic carbocycles. The molecule has 1 aromatic carbocycles. The number of hydrogen-bond donors (Lipinski definition) is 1. The zero-order chi connectivity index (χ0) is 14.8. The smallest absolute Gasteiger partial charge is 0.165 e. The number of ether oxygens (including phenoxy) is 2. The monoisotopic (exact) mass is 283 g/mol. The summed E-state index contributed by atoms with van der Waals surface area (Å²) in [6, 6.07) is 5.27. The van der Waals surface area contributed by atoms with Crippen molar-refractivity contribution in [3.8, 4) is 5.75 Å². The van der Waals surface area contributed by atoms with Gasteiger partial charge in [-0.05, 0) is 44.0 Å². The third kappa shape index (κ3) is 5.88. The molecule has 0 heterocycles. The highest BCUT2D eigenvalue weighted by Gasteiger charge is 2.09. The number of hydrogen-bond acceptors (Lipinski definition) is 3. The van der Waals surface area contributed by atoms with E-state index in [2.05, 4.69) is 12.2 Å². The lowest BCUT2D eigenvalue weighted by molar-refractivity contribution is 0.0991. The summed E-state index contributed by atoms with van der Waals surface area (Å²) in [5, 5.41) is 3.33. The third-order valence-electron chi connectivity index (χ3n) is 2.99. The van der Waals surface area contributed by atoms with Gasteiger partial charge in [0.25, 0.3) is 0 Å². The Labute approximate surface area is 121 Å². The van der Waals surface area contributed by atoms with Crippen LogP contribution in [-0.4, -0.2) is 26.4 Å². The molecule has 1 rings (SSSR count). The maximum atomic E-state index is 13.9. The molecule has 20 heavy (non-hydrogen) atoms. The van der Waals surface area contributed by atoms with Crippen LogP contribution in [0.1, 0.15) is 45.2 Å². The maximum Gasteiger partial charge on any atom is 0.165 e. The molecule has 114 valence electrons. The van der Waals surface area contributed by atoms with Crippen molar-refractivity contribution in [3.05, 3.63) is 29.6 Å². The predicted octanol–water partition coefficient (Wildman–Crippen LogP) is 3.69. The Balaban J connectivity index is 2.46. The molecule has 0 saturated carbocycles. The van der Waals surface area contributed by atoms with Crippen molar-refractivity contribution < 1.29 is 13.9 Å². The van der Waals surface area contributed by atoms with Crippen LogP contribution in [0.3, 0.4) is 0 Å². The first-order valence-corrected chi connectivity index (χ1v) is 7.42. The summed E-state index contributed by atoms with van der Waals surface area (Å²) in [5.41, 5.74) is 0.936. The Kier molecular flexibility index (Phi) is 8.23. The fourth-order valence-electron chi connectivity index (χ4n) is 1.84. The number of halogens is 1. The minimum atomic E-state index is -0.317. The van der Waals surface area contributed by atoms with Crippen LogP contribution in [-0.2, 0) is 4.74 Å². The summed E-state index contributed by atoms with van der Waals surface area (Å²) in [5.74, 6) is -0.0281. The van der Waals surface area contributed by atoms with Gasteiger partial charge in [-0.1, -0.05) is 19.9 Å². The highest BCUT2D eigenvalue weighted by Crippen LogP contribution is 2.22. The molecule has 1 unspecified atom stereocenters. The summed E-state index contributed by atoms with van der Waals surface area (Å²) >= 11 is 0. The van der Waals surface area contributed by atoms with Crippen LogP contribution in [0.5, 0.6) is 5.75 Å². The second-order valence-corrected chi connectivity index (χ2v) is 4.83. The molecule has 1 N–H and O–H groups in total. The standard InChI is InChI=1S/C16H26FNO2/c1-4-8-18-13(3)14-6-7-16(15(17)12-14)20-11-10-19-9-5-2/h6-7,12-13,18H,4-5,8-11H2,1-3H3. The minimum absolute atomic E-state index is 0.145. The van der Waals surface area contributed by atoms with Crippen molar-refractivity contribution in [3.63, 3.8) is 0 Å². The van der Waals surface area contributed by atoms with E-state index in [4.69, 9.17) is 9.47 Å². The predicted molar refractivity (Wildman–Crippen MR) is 79.7 cm³/mol. The van der Waals surface area contributed by atoms with E-state index in [1.54, 1.807) is 6.07 Å². The second kappa shape index (κ2) is 9.72. The highest BCUT2D eigenvalue weighted by atomic mass is 19.1. The van der Waals surface area contributed by atoms with Gasteiger partial charge in [0.1, 0.15) is 6.61 Å². The van der Waals surface area contributed by atoms with Crippen molar-refractivity contribution in [1.29, 1.82) is 0 Å². The summed E-state index contributed by atoms with van der Waals surface area (Å²) < 4.78 is 24.6. The second-order valence-electron chi connectivity index (χ2n) is 4.83. The van der Waals surface area contributed by atoms with Gasteiger partial charge < -0.3 is 14.8 Å². The van der Waals surface area contributed by atoms with E-state index in [0.29, 0.717) is 19.8 Å². The van der Waals surface area contributed by atoms with E-state index in [1.165, 1.54) is 6.07 Å². The van der Waals surface area contributed by atoms with Crippen molar-refractivity contribution in [2.24, 2.45) is 0 Å². The van der Waals surface area contributed by atoms with E-state index < -0.39 is 0 Å². The SMILES string of the molecule is CCCNC(C)c1ccc(OCCOCCC)c(F)c1. The highest BCUT2D eigenvalue weighted by molar-refractivity contribution is 5.30. The molecule has 1 atom stereocenters. The summed E-state index contributed by atoms with van der Waals surface area (Å²) in [7, 11) is 0. The molecule has 0 radical (unpaired) electrons. The van der Waals surface area contributed by atoms with E-state index in [9.17, 15) is 4.39 Å². The van der Waals surface area contributed by atoms with Gasteiger partial charge in [0.05, 0.1) is 6.61 Å². The maximum absolute atomic E-state index is 13.9. The van der Waals surface area contributed by atoms with Gasteiger partial charge in [0.15, 0.2) is 11.6 Å². The quantitative estimate of drug-likeness (QED) is 0.664. The van der Waals surface area contributed by atoms with Gasteiger partial charge in [0, 0.05) is 12.6 Å². The molecule has 1 aromatic rings. The number of rotatable bonds is 10. The number of nitrogens with one attached hydrogen (secondary N) is 1. The molecule has 4 heteroatoms. The Morgan fingerprint density at radius 3 is 2.60 bits per heavy atom. The van der Waals surface area contributed by atoms with Gasteiger partial charge in [-0.15, -0.1) is 0 Å². The van der Waals surface area contributed by atoms with Gasteiger partial charge >= 0.3 is 0 Å². The summed E-state index contributed by atoms with van der Waals surface area (Å²) in [4.78, 5) is 0. The molecular weight excluding hydrogens is 257 g/mol. The Morgan fingerprint density at radius 2 is 1.95 bits per heavy atom. The van der Waals surface area contributed by atoms with E-state index >= 15 is 0 Å². The number of benzene rings is 1. The van der Waals surface area contributed by atoms with E-state index in [-0.39, 0.29) is 17.6 Å². The molecule has 0 aliphatic rings. The lowest BCUT2D eigenvalue weighted by Gasteiger charge is -2.15. The zero-order valence-corrected chi connectivity index (χ0v) is 12.7.